The van der Waals surface area contributed by atoms with Crippen molar-refractivity contribution in [2.45, 2.75) is 38.8 Å². The van der Waals surface area contributed by atoms with E-state index in [-0.39, 0.29) is 0 Å². The summed E-state index contributed by atoms with van der Waals surface area (Å²) >= 11 is 0. The Morgan fingerprint density at radius 2 is 1.82 bits per heavy atom. The lowest BCUT2D eigenvalue weighted by molar-refractivity contribution is 0.316. The van der Waals surface area contributed by atoms with Crippen LogP contribution in [0.3, 0.4) is 0 Å². The SMILES string of the molecule is CCNCCc1ccc(CN(C)C2CC2)cc1. The predicted octanol–water partition coefficient (Wildman–Crippen LogP) is 2.43. The maximum Gasteiger partial charge on any atom is 0.0233 e. The number of hydrogen-bond acceptors (Lipinski definition) is 2. The van der Waals surface area contributed by atoms with Crippen LogP contribution in [0, 0.1) is 0 Å². The second-order valence-corrected chi connectivity index (χ2v) is 5.07. The normalized spacial score (nSPS) is 15.5. The van der Waals surface area contributed by atoms with Gasteiger partial charge in [0.1, 0.15) is 0 Å². The molecule has 0 bridgehead atoms. The van der Waals surface area contributed by atoms with Crippen molar-refractivity contribution >= 4 is 0 Å². The third-order valence-corrected chi connectivity index (χ3v) is 3.47. The summed E-state index contributed by atoms with van der Waals surface area (Å²) < 4.78 is 0. The standard InChI is InChI=1S/C15H24N2/c1-3-16-11-10-13-4-6-14(7-5-13)12-17(2)15-8-9-15/h4-7,15-16H,3,8-12H2,1-2H3. The van der Waals surface area contributed by atoms with Crippen molar-refractivity contribution in [3.63, 3.8) is 0 Å². The number of rotatable bonds is 7. The van der Waals surface area contributed by atoms with Gasteiger partial charge < -0.3 is 5.32 Å². The van der Waals surface area contributed by atoms with Crippen LogP contribution in [-0.2, 0) is 13.0 Å². The molecule has 1 aliphatic rings. The molecule has 0 aliphatic heterocycles. The van der Waals surface area contributed by atoms with E-state index in [0.29, 0.717) is 0 Å². The summed E-state index contributed by atoms with van der Waals surface area (Å²) in [4.78, 5) is 2.47. The zero-order chi connectivity index (χ0) is 12.1. The quantitative estimate of drug-likeness (QED) is 0.726. The first-order chi connectivity index (χ1) is 8.29. The molecule has 0 atom stereocenters. The van der Waals surface area contributed by atoms with Crippen molar-refractivity contribution < 1.29 is 0 Å². The first-order valence-electron chi connectivity index (χ1n) is 6.78. The molecule has 0 saturated heterocycles. The molecule has 0 amide bonds. The summed E-state index contributed by atoms with van der Waals surface area (Å²) in [5.41, 5.74) is 2.87. The van der Waals surface area contributed by atoms with E-state index >= 15 is 0 Å². The molecule has 0 heterocycles. The summed E-state index contributed by atoms with van der Waals surface area (Å²) in [6, 6.07) is 9.95. The molecular formula is C15H24N2. The third-order valence-electron chi connectivity index (χ3n) is 3.47. The first kappa shape index (κ1) is 12.6. The van der Waals surface area contributed by atoms with Crippen LogP contribution in [0.15, 0.2) is 24.3 Å². The van der Waals surface area contributed by atoms with Crippen LogP contribution in [-0.4, -0.2) is 31.1 Å². The Kier molecular flexibility index (Phi) is 4.57. The van der Waals surface area contributed by atoms with Gasteiger partial charge in [0.25, 0.3) is 0 Å². The summed E-state index contributed by atoms with van der Waals surface area (Å²) in [5.74, 6) is 0. The highest BCUT2D eigenvalue weighted by atomic mass is 15.1. The van der Waals surface area contributed by atoms with E-state index in [9.17, 15) is 0 Å². The Bertz CT molecular complexity index is 327. The minimum atomic E-state index is 0.850. The lowest BCUT2D eigenvalue weighted by Crippen LogP contribution is -2.20. The Morgan fingerprint density at radius 3 is 2.41 bits per heavy atom. The molecule has 17 heavy (non-hydrogen) atoms. The molecular weight excluding hydrogens is 208 g/mol. The van der Waals surface area contributed by atoms with E-state index in [1.807, 2.05) is 0 Å². The van der Waals surface area contributed by atoms with E-state index in [2.05, 4.69) is 48.5 Å². The maximum atomic E-state index is 3.36. The van der Waals surface area contributed by atoms with E-state index in [0.717, 1.165) is 32.1 Å². The molecule has 0 unspecified atom stereocenters. The Morgan fingerprint density at radius 1 is 1.18 bits per heavy atom. The second-order valence-electron chi connectivity index (χ2n) is 5.07. The lowest BCUT2D eigenvalue weighted by atomic mass is 10.1. The molecule has 1 saturated carbocycles. The van der Waals surface area contributed by atoms with E-state index in [1.54, 1.807) is 0 Å². The summed E-state index contributed by atoms with van der Waals surface area (Å²) in [6.45, 7) is 5.39. The highest BCUT2D eigenvalue weighted by Crippen LogP contribution is 2.26. The molecule has 1 fully saturated rings. The van der Waals surface area contributed by atoms with Crippen LogP contribution in [0.25, 0.3) is 0 Å². The molecule has 0 radical (unpaired) electrons. The van der Waals surface area contributed by atoms with Gasteiger partial charge in [-0.1, -0.05) is 31.2 Å². The molecule has 2 rings (SSSR count). The maximum absolute atomic E-state index is 3.36. The van der Waals surface area contributed by atoms with Gasteiger partial charge in [-0.05, 0) is 50.5 Å². The van der Waals surface area contributed by atoms with E-state index in [1.165, 1.54) is 24.0 Å². The number of nitrogens with one attached hydrogen (secondary N) is 1. The molecule has 2 heteroatoms. The van der Waals surface area contributed by atoms with E-state index in [4.69, 9.17) is 0 Å². The van der Waals surface area contributed by atoms with Crippen LogP contribution >= 0.6 is 0 Å². The Labute approximate surface area is 105 Å². The molecule has 1 aliphatic carbocycles. The van der Waals surface area contributed by atoms with Crippen LogP contribution in [0.5, 0.6) is 0 Å². The Balaban J connectivity index is 1.79. The van der Waals surface area contributed by atoms with Gasteiger partial charge >= 0.3 is 0 Å². The molecule has 1 aromatic rings. The summed E-state index contributed by atoms with van der Waals surface area (Å²) in [6.07, 6.45) is 3.90. The number of hydrogen-bond donors (Lipinski definition) is 1. The highest BCUT2D eigenvalue weighted by molar-refractivity contribution is 5.22. The van der Waals surface area contributed by atoms with Crippen molar-refractivity contribution in [1.82, 2.24) is 10.2 Å². The summed E-state index contributed by atoms with van der Waals surface area (Å²) in [5, 5.41) is 3.36. The van der Waals surface area contributed by atoms with Crippen LogP contribution in [0.2, 0.25) is 0 Å². The third kappa shape index (κ3) is 4.14. The van der Waals surface area contributed by atoms with Crippen LogP contribution in [0.1, 0.15) is 30.9 Å². The van der Waals surface area contributed by atoms with Gasteiger partial charge in [0.15, 0.2) is 0 Å². The monoisotopic (exact) mass is 232 g/mol. The van der Waals surface area contributed by atoms with Crippen LogP contribution in [0.4, 0.5) is 0 Å². The van der Waals surface area contributed by atoms with E-state index < -0.39 is 0 Å². The van der Waals surface area contributed by atoms with Crippen molar-refractivity contribution in [2.75, 3.05) is 20.1 Å². The van der Waals surface area contributed by atoms with Gasteiger partial charge in [0.05, 0.1) is 0 Å². The average Bonchev–Trinajstić information content (AvgIpc) is 3.16. The molecule has 0 aromatic heterocycles. The lowest BCUT2D eigenvalue weighted by Gasteiger charge is -2.15. The fourth-order valence-corrected chi connectivity index (χ4v) is 2.15. The second kappa shape index (κ2) is 6.18. The Hall–Kier alpha value is -0.860. The number of benzene rings is 1. The van der Waals surface area contributed by atoms with Crippen molar-refractivity contribution in [3.05, 3.63) is 35.4 Å². The van der Waals surface area contributed by atoms with Crippen molar-refractivity contribution in [2.24, 2.45) is 0 Å². The predicted molar refractivity (Wildman–Crippen MR) is 73.2 cm³/mol. The molecule has 2 nitrogen and oxygen atoms in total. The largest absolute Gasteiger partial charge is 0.317 e. The van der Waals surface area contributed by atoms with Gasteiger partial charge in [-0.2, -0.15) is 0 Å². The average molecular weight is 232 g/mol. The van der Waals surface area contributed by atoms with Gasteiger partial charge in [-0.3, -0.25) is 4.90 Å². The molecule has 1 N–H and O–H groups in total. The van der Waals surface area contributed by atoms with Crippen molar-refractivity contribution in [3.8, 4) is 0 Å². The van der Waals surface area contributed by atoms with Gasteiger partial charge in [-0.15, -0.1) is 0 Å². The molecule has 1 aromatic carbocycles. The molecule has 0 spiro atoms. The minimum Gasteiger partial charge on any atom is -0.317 e. The van der Waals surface area contributed by atoms with Crippen LogP contribution < -0.4 is 5.32 Å². The fraction of sp³-hybridized carbons (Fsp3) is 0.600. The van der Waals surface area contributed by atoms with Gasteiger partial charge in [-0.25, -0.2) is 0 Å². The first-order valence-corrected chi connectivity index (χ1v) is 6.78. The minimum absolute atomic E-state index is 0.850. The highest BCUT2D eigenvalue weighted by Gasteiger charge is 2.25. The van der Waals surface area contributed by atoms with Crippen molar-refractivity contribution in [1.29, 1.82) is 0 Å². The smallest absolute Gasteiger partial charge is 0.0233 e. The summed E-state index contributed by atoms with van der Waals surface area (Å²) in [7, 11) is 2.23. The topological polar surface area (TPSA) is 15.3 Å². The zero-order valence-electron chi connectivity index (χ0n) is 11.1. The number of likely N-dealkylation sites (N-methyl/N-ethyl adjacent to an activating group) is 1. The zero-order valence-corrected chi connectivity index (χ0v) is 11.1. The van der Waals surface area contributed by atoms with Gasteiger partial charge in [0.2, 0.25) is 0 Å². The fourth-order valence-electron chi connectivity index (χ4n) is 2.15. The molecule has 94 valence electrons. The van der Waals surface area contributed by atoms with Gasteiger partial charge in [0, 0.05) is 12.6 Å². The number of nitrogens with zero attached hydrogens (tertiary/aromatic N) is 1.